The Morgan fingerprint density at radius 2 is 1.89 bits per heavy atom. The molecule has 1 N–H and O–H groups in total. The minimum atomic E-state index is -0.495. The van der Waals surface area contributed by atoms with Gasteiger partial charge >= 0.3 is 0 Å². The predicted molar refractivity (Wildman–Crippen MR) is 112 cm³/mol. The highest BCUT2D eigenvalue weighted by Crippen LogP contribution is 2.41. The van der Waals surface area contributed by atoms with Crippen LogP contribution in [0.2, 0.25) is 0 Å². The Balaban J connectivity index is 2.02. The number of amides is 2. The zero-order chi connectivity index (χ0) is 20.3. The summed E-state index contributed by atoms with van der Waals surface area (Å²) < 4.78 is 0. The summed E-state index contributed by atoms with van der Waals surface area (Å²) in [7, 11) is 1.47. The Morgan fingerprint density at radius 3 is 2.50 bits per heavy atom. The Hall–Kier alpha value is -3.04. The van der Waals surface area contributed by atoms with E-state index in [0.717, 1.165) is 5.56 Å². The van der Waals surface area contributed by atoms with Crippen molar-refractivity contribution in [3.05, 3.63) is 75.8 Å². The number of nitrogens with zero attached hydrogens (tertiary/aromatic N) is 2. The average Bonchev–Trinajstić information content (AvgIpc) is 3.01. The maximum absolute atomic E-state index is 13.2. The van der Waals surface area contributed by atoms with Crippen LogP contribution in [0.5, 0.6) is 0 Å². The number of carbonyl (C=O) groups excluding carboxylic acids is 2. The van der Waals surface area contributed by atoms with Gasteiger partial charge in [0, 0.05) is 12.7 Å². The van der Waals surface area contributed by atoms with Gasteiger partial charge in [0.2, 0.25) is 5.91 Å². The van der Waals surface area contributed by atoms with Crippen LogP contribution in [0, 0.1) is 25.2 Å². The molecule has 0 bridgehead atoms. The molecule has 0 radical (unpaired) electrons. The van der Waals surface area contributed by atoms with Crippen molar-refractivity contribution in [1.82, 2.24) is 5.32 Å². The van der Waals surface area contributed by atoms with Gasteiger partial charge in [-0.05, 0) is 49.1 Å². The number of aryl methyl sites for hydroxylation is 2. The molecule has 3 rings (SSSR count). The van der Waals surface area contributed by atoms with Crippen LogP contribution in [0.25, 0.3) is 0 Å². The average molecular weight is 391 g/mol. The molecule has 2 aromatic carbocycles. The summed E-state index contributed by atoms with van der Waals surface area (Å²) in [6.45, 7) is 4.10. The summed E-state index contributed by atoms with van der Waals surface area (Å²) in [4.78, 5) is 26.9. The second kappa shape index (κ2) is 8.32. The Bertz CT molecular complexity index is 993. The Kier molecular flexibility index (Phi) is 5.86. The van der Waals surface area contributed by atoms with Crippen molar-refractivity contribution < 1.29 is 9.59 Å². The molecule has 0 aliphatic carbocycles. The molecule has 1 aliphatic rings. The highest BCUT2D eigenvalue weighted by molar-refractivity contribution is 8.05. The molecule has 142 valence electrons. The van der Waals surface area contributed by atoms with Crippen molar-refractivity contribution in [3.63, 3.8) is 0 Å². The molecule has 1 atom stereocenters. The number of hydrogen-bond acceptors (Lipinski definition) is 4. The Morgan fingerprint density at radius 1 is 1.18 bits per heavy atom. The number of thioether (sulfide) groups is 1. The lowest BCUT2D eigenvalue weighted by atomic mass is 10.0. The molecule has 1 saturated heterocycles. The molecule has 2 amide bonds. The van der Waals surface area contributed by atoms with Gasteiger partial charge in [-0.2, -0.15) is 5.26 Å². The first-order chi connectivity index (χ1) is 13.5. The van der Waals surface area contributed by atoms with Crippen molar-refractivity contribution in [1.29, 1.82) is 5.26 Å². The quantitative estimate of drug-likeness (QED) is 0.640. The topological polar surface area (TPSA) is 73.2 Å². The van der Waals surface area contributed by atoms with E-state index in [1.165, 1.54) is 34.8 Å². The number of benzene rings is 2. The lowest BCUT2D eigenvalue weighted by molar-refractivity contribution is -0.117. The molecule has 1 aliphatic heterocycles. The molecular weight excluding hydrogens is 370 g/mol. The summed E-state index contributed by atoms with van der Waals surface area (Å²) in [6, 6.07) is 17.2. The molecule has 1 fully saturated rings. The van der Waals surface area contributed by atoms with E-state index < -0.39 is 11.2 Å². The fraction of sp³-hybridized carbons (Fsp3) is 0.227. The molecule has 0 aromatic heterocycles. The molecule has 0 saturated carbocycles. The smallest absolute Gasteiger partial charge is 0.264 e. The Labute approximate surface area is 169 Å². The van der Waals surface area contributed by atoms with Crippen molar-refractivity contribution in [3.8, 4) is 6.07 Å². The summed E-state index contributed by atoms with van der Waals surface area (Å²) in [5.41, 5.74) is 4.03. The van der Waals surface area contributed by atoms with E-state index in [4.69, 9.17) is 0 Å². The van der Waals surface area contributed by atoms with Gasteiger partial charge in [-0.15, -0.1) is 0 Å². The summed E-state index contributed by atoms with van der Waals surface area (Å²) in [5.74, 6) is -0.619. The largest absolute Gasteiger partial charge is 0.354 e. The second-order valence-corrected chi connectivity index (χ2v) is 7.80. The van der Waals surface area contributed by atoms with Gasteiger partial charge in [0.25, 0.3) is 5.91 Å². The van der Waals surface area contributed by atoms with Crippen LogP contribution in [-0.4, -0.2) is 24.1 Å². The van der Waals surface area contributed by atoms with Crippen LogP contribution in [0.1, 0.15) is 16.7 Å². The number of nitriles is 1. The standard InChI is InChI=1S/C22H21N3O2S/c1-14-9-10-16(11-15(14)2)12-19-21(27)25(17-7-5-4-6-8-17)22(28-19)18(13-23)20(26)24-3/h4-11,19H,12H2,1-3H3,(H,24,26)/b22-18+. The molecule has 28 heavy (non-hydrogen) atoms. The number of nitrogens with one attached hydrogen (secondary N) is 1. The van der Waals surface area contributed by atoms with Crippen LogP contribution in [0.15, 0.2) is 59.1 Å². The van der Waals surface area contributed by atoms with Crippen LogP contribution in [-0.2, 0) is 16.0 Å². The number of para-hydroxylation sites is 1. The zero-order valence-corrected chi connectivity index (χ0v) is 16.8. The number of likely N-dealkylation sites (N-methyl/N-ethyl adjacent to an activating group) is 1. The predicted octanol–water partition coefficient (Wildman–Crippen LogP) is 3.48. The van der Waals surface area contributed by atoms with E-state index in [-0.39, 0.29) is 11.5 Å². The van der Waals surface area contributed by atoms with Gasteiger partial charge in [-0.3, -0.25) is 14.5 Å². The lowest BCUT2D eigenvalue weighted by Gasteiger charge is -2.18. The van der Waals surface area contributed by atoms with Crippen molar-refractivity contribution in [2.75, 3.05) is 11.9 Å². The highest BCUT2D eigenvalue weighted by Gasteiger charge is 2.40. The van der Waals surface area contributed by atoms with Crippen LogP contribution >= 0.6 is 11.8 Å². The van der Waals surface area contributed by atoms with Gasteiger partial charge in [-0.1, -0.05) is 48.2 Å². The third kappa shape index (κ3) is 3.80. The van der Waals surface area contributed by atoms with Crippen molar-refractivity contribution >= 4 is 29.3 Å². The van der Waals surface area contributed by atoms with Gasteiger partial charge in [0.1, 0.15) is 16.7 Å². The van der Waals surface area contributed by atoms with Gasteiger partial charge in [-0.25, -0.2) is 0 Å². The number of hydrogen-bond donors (Lipinski definition) is 1. The first kappa shape index (κ1) is 19.7. The van der Waals surface area contributed by atoms with Gasteiger partial charge < -0.3 is 5.32 Å². The molecule has 2 aromatic rings. The SMILES string of the molecule is CNC(=O)/C(C#N)=C1/SC(Cc2ccc(C)c(C)c2)C(=O)N1c1ccccc1. The molecule has 5 nitrogen and oxygen atoms in total. The maximum Gasteiger partial charge on any atom is 0.264 e. The van der Waals surface area contributed by atoms with Crippen LogP contribution in [0.4, 0.5) is 5.69 Å². The fourth-order valence-electron chi connectivity index (χ4n) is 3.07. The molecule has 0 spiro atoms. The number of anilines is 1. The molecule has 1 unspecified atom stereocenters. The number of rotatable bonds is 4. The van der Waals surface area contributed by atoms with Crippen LogP contribution < -0.4 is 10.2 Å². The summed E-state index contributed by atoms with van der Waals surface area (Å²) in [6.07, 6.45) is 0.532. The summed E-state index contributed by atoms with van der Waals surface area (Å²) >= 11 is 1.28. The van der Waals surface area contributed by atoms with E-state index in [1.54, 1.807) is 12.1 Å². The molecular formula is C22H21N3O2S. The third-order valence-electron chi connectivity index (χ3n) is 4.74. The third-order valence-corrected chi connectivity index (χ3v) is 6.00. The molecule has 1 heterocycles. The maximum atomic E-state index is 13.2. The van der Waals surface area contributed by atoms with E-state index in [9.17, 15) is 14.9 Å². The van der Waals surface area contributed by atoms with Crippen molar-refractivity contribution in [2.24, 2.45) is 0 Å². The van der Waals surface area contributed by atoms with E-state index >= 15 is 0 Å². The monoisotopic (exact) mass is 391 g/mol. The first-order valence-corrected chi connectivity index (χ1v) is 9.82. The van der Waals surface area contributed by atoms with Gasteiger partial charge in [0.15, 0.2) is 0 Å². The second-order valence-electron chi connectivity index (χ2n) is 6.61. The fourth-order valence-corrected chi connectivity index (χ4v) is 4.38. The minimum absolute atomic E-state index is 0.0488. The first-order valence-electron chi connectivity index (χ1n) is 8.94. The van der Waals surface area contributed by atoms with E-state index in [1.807, 2.05) is 43.3 Å². The normalized spacial score (nSPS) is 18.0. The van der Waals surface area contributed by atoms with E-state index in [2.05, 4.69) is 18.3 Å². The van der Waals surface area contributed by atoms with Crippen molar-refractivity contribution in [2.45, 2.75) is 25.5 Å². The zero-order valence-electron chi connectivity index (χ0n) is 16.0. The number of carbonyl (C=O) groups is 2. The highest BCUT2D eigenvalue weighted by atomic mass is 32.2. The molecule has 6 heteroatoms. The van der Waals surface area contributed by atoms with Crippen LogP contribution in [0.3, 0.4) is 0 Å². The van der Waals surface area contributed by atoms with Gasteiger partial charge in [0.05, 0.1) is 5.25 Å². The lowest BCUT2D eigenvalue weighted by Crippen LogP contribution is -2.31. The minimum Gasteiger partial charge on any atom is -0.354 e. The van der Waals surface area contributed by atoms with E-state index in [0.29, 0.717) is 17.1 Å². The summed E-state index contributed by atoms with van der Waals surface area (Å²) in [5, 5.41) is 12.0.